The largest absolute Gasteiger partial charge is 0.467 e. The summed E-state index contributed by atoms with van der Waals surface area (Å²) in [7, 11) is 1.64. The zero-order chi connectivity index (χ0) is 11.5. The van der Waals surface area contributed by atoms with Crippen molar-refractivity contribution < 1.29 is 17.9 Å². The molecule has 0 aliphatic carbocycles. The number of nitrogens with one attached hydrogen (secondary N) is 1. The number of halogens is 4. The van der Waals surface area contributed by atoms with E-state index in [9.17, 15) is 13.2 Å². The van der Waals surface area contributed by atoms with Gasteiger partial charge in [0, 0.05) is 7.05 Å². The molecule has 1 rings (SSSR count). The topological polar surface area (TPSA) is 34.2 Å². The van der Waals surface area contributed by atoms with Crippen LogP contribution in [0, 0.1) is 0 Å². The van der Waals surface area contributed by atoms with Crippen LogP contribution in [0.3, 0.4) is 0 Å². The second-order valence-electron chi connectivity index (χ2n) is 2.66. The van der Waals surface area contributed by atoms with Gasteiger partial charge in [-0.3, -0.25) is 0 Å². The summed E-state index contributed by atoms with van der Waals surface area (Å²) in [4.78, 5) is 3.64. The van der Waals surface area contributed by atoms with Crippen LogP contribution < -0.4 is 10.1 Å². The predicted molar refractivity (Wildman–Crippen MR) is 50.3 cm³/mol. The molecule has 84 valence electrons. The summed E-state index contributed by atoms with van der Waals surface area (Å²) in [6, 6.07) is 1.43. The molecule has 0 radical (unpaired) electrons. The van der Waals surface area contributed by atoms with Crippen LogP contribution >= 0.6 is 11.6 Å². The molecule has 1 aromatic rings. The van der Waals surface area contributed by atoms with Gasteiger partial charge >= 0.3 is 6.18 Å². The zero-order valence-electron chi connectivity index (χ0n) is 7.73. The fourth-order valence-corrected chi connectivity index (χ4v) is 1.04. The number of pyridine rings is 1. The Morgan fingerprint density at radius 1 is 1.53 bits per heavy atom. The highest BCUT2D eigenvalue weighted by Crippen LogP contribution is 2.26. The van der Waals surface area contributed by atoms with Gasteiger partial charge in [0.15, 0.2) is 6.61 Å². The Kier molecular flexibility index (Phi) is 3.62. The van der Waals surface area contributed by atoms with Gasteiger partial charge in [0.05, 0.1) is 11.9 Å². The van der Waals surface area contributed by atoms with Crippen molar-refractivity contribution in [2.75, 3.05) is 19.0 Å². The van der Waals surface area contributed by atoms with Crippen molar-refractivity contribution in [3.63, 3.8) is 0 Å². The van der Waals surface area contributed by atoms with E-state index in [1.54, 1.807) is 7.05 Å². The van der Waals surface area contributed by atoms with Gasteiger partial charge in [0.1, 0.15) is 5.02 Å². The van der Waals surface area contributed by atoms with E-state index < -0.39 is 12.8 Å². The minimum absolute atomic E-state index is 0.0334. The SMILES string of the molecule is CNc1cnc(OCC(F)(F)F)c(Cl)c1. The Balaban J connectivity index is 2.70. The molecule has 1 N–H and O–H groups in total. The van der Waals surface area contributed by atoms with E-state index in [0.717, 1.165) is 0 Å². The Labute approximate surface area is 89.2 Å². The number of alkyl halides is 3. The number of nitrogens with zero attached hydrogens (tertiary/aromatic N) is 1. The maximum atomic E-state index is 11.8. The number of ether oxygens (including phenoxy) is 1. The number of anilines is 1. The van der Waals surface area contributed by atoms with Crippen LogP contribution in [0.4, 0.5) is 18.9 Å². The molecular weight excluding hydrogens is 233 g/mol. The number of rotatable bonds is 3. The van der Waals surface area contributed by atoms with Crippen molar-refractivity contribution in [1.82, 2.24) is 4.98 Å². The van der Waals surface area contributed by atoms with Gasteiger partial charge in [-0.15, -0.1) is 0 Å². The lowest BCUT2D eigenvalue weighted by Crippen LogP contribution is -2.19. The molecule has 3 nitrogen and oxygen atoms in total. The van der Waals surface area contributed by atoms with Gasteiger partial charge in [-0.05, 0) is 6.07 Å². The minimum Gasteiger partial charge on any atom is -0.467 e. The highest BCUT2D eigenvalue weighted by molar-refractivity contribution is 6.32. The van der Waals surface area contributed by atoms with Gasteiger partial charge in [0.25, 0.3) is 0 Å². The third kappa shape index (κ3) is 3.83. The first kappa shape index (κ1) is 11.9. The summed E-state index contributed by atoms with van der Waals surface area (Å²) < 4.78 is 39.8. The molecule has 0 aliphatic rings. The first-order valence-electron chi connectivity index (χ1n) is 3.95. The van der Waals surface area contributed by atoms with Gasteiger partial charge in [-0.1, -0.05) is 11.6 Å². The second kappa shape index (κ2) is 4.57. The summed E-state index contributed by atoms with van der Waals surface area (Å²) in [6.45, 7) is -1.40. The molecule has 0 bridgehead atoms. The molecule has 15 heavy (non-hydrogen) atoms. The van der Waals surface area contributed by atoms with Crippen molar-refractivity contribution in [3.05, 3.63) is 17.3 Å². The second-order valence-corrected chi connectivity index (χ2v) is 3.07. The Morgan fingerprint density at radius 2 is 2.20 bits per heavy atom. The minimum atomic E-state index is -4.40. The van der Waals surface area contributed by atoms with E-state index in [1.807, 2.05) is 0 Å². The van der Waals surface area contributed by atoms with E-state index >= 15 is 0 Å². The van der Waals surface area contributed by atoms with Crippen LogP contribution in [0.25, 0.3) is 0 Å². The summed E-state index contributed by atoms with van der Waals surface area (Å²) in [5.74, 6) is -0.229. The van der Waals surface area contributed by atoms with Crippen LogP contribution in [-0.2, 0) is 0 Å². The summed E-state index contributed by atoms with van der Waals surface area (Å²) >= 11 is 5.64. The van der Waals surface area contributed by atoms with E-state index in [1.165, 1.54) is 12.3 Å². The number of hydrogen-bond donors (Lipinski definition) is 1. The molecule has 0 aliphatic heterocycles. The molecular formula is C8H8ClF3N2O. The van der Waals surface area contributed by atoms with Gasteiger partial charge in [0.2, 0.25) is 5.88 Å². The van der Waals surface area contributed by atoms with E-state index in [-0.39, 0.29) is 10.9 Å². The quantitative estimate of drug-likeness (QED) is 0.882. The first-order chi connectivity index (χ1) is 6.92. The van der Waals surface area contributed by atoms with Crippen molar-refractivity contribution in [2.24, 2.45) is 0 Å². The highest BCUT2D eigenvalue weighted by atomic mass is 35.5. The maximum Gasteiger partial charge on any atom is 0.422 e. The van der Waals surface area contributed by atoms with Gasteiger partial charge in [-0.25, -0.2) is 4.98 Å². The third-order valence-electron chi connectivity index (χ3n) is 1.47. The summed E-state index contributed by atoms with van der Waals surface area (Å²) in [5.41, 5.74) is 0.597. The van der Waals surface area contributed by atoms with E-state index in [2.05, 4.69) is 15.0 Å². The molecule has 1 heterocycles. The molecule has 0 unspecified atom stereocenters. The van der Waals surface area contributed by atoms with Crippen LogP contribution in [0.1, 0.15) is 0 Å². The molecule has 0 saturated carbocycles. The lowest BCUT2D eigenvalue weighted by Gasteiger charge is -2.10. The molecule has 1 aromatic heterocycles. The van der Waals surface area contributed by atoms with Crippen molar-refractivity contribution in [2.45, 2.75) is 6.18 Å². The van der Waals surface area contributed by atoms with Gasteiger partial charge < -0.3 is 10.1 Å². The Bertz CT molecular complexity index is 343. The Morgan fingerprint density at radius 3 is 2.67 bits per heavy atom. The normalized spacial score (nSPS) is 11.3. The van der Waals surface area contributed by atoms with Crippen molar-refractivity contribution in [3.8, 4) is 5.88 Å². The summed E-state index contributed by atoms with van der Waals surface area (Å²) in [6.07, 6.45) is -3.07. The third-order valence-corrected chi connectivity index (χ3v) is 1.74. The average molecular weight is 241 g/mol. The van der Waals surface area contributed by atoms with Crippen LogP contribution in [0.15, 0.2) is 12.3 Å². The smallest absolute Gasteiger partial charge is 0.422 e. The number of aromatic nitrogens is 1. The molecule has 0 spiro atoms. The van der Waals surface area contributed by atoms with E-state index in [0.29, 0.717) is 5.69 Å². The lowest BCUT2D eigenvalue weighted by molar-refractivity contribution is -0.154. The van der Waals surface area contributed by atoms with Crippen LogP contribution in [-0.4, -0.2) is 24.8 Å². The standard InChI is InChI=1S/C8H8ClF3N2O/c1-13-5-2-6(9)7(14-3-5)15-4-8(10,11)12/h2-3,13H,4H2,1H3. The van der Waals surface area contributed by atoms with Crippen LogP contribution in [0.5, 0.6) is 5.88 Å². The van der Waals surface area contributed by atoms with Crippen LogP contribution in [0.2, 0.25) is 5.02 Å². The monoisotopic (exact) mass is 240 g/mol. The first-order valence-corrected chi connectivity index (χ1v) is 4.33. The lowest BCUT2D eigenvalue weighted by atomic mass is 10.4. The Hall–Kier alpha value is -1.17. The predicted octanol–water partition coefficient (Wildman–Crippen LogP) is 2.72. The fourth-order valence-electron chi connectivity index (χ4n) is 0.818. The molecule has 0 atom stereocenters. The molecule has 0 amide bonds. The molecule has 0 aromatic carbocycles. The maximum absolute atomic E-state index is 11.8. The number of hydrogen-bond acceptors (Lipinski definition) is 3. The molecule has 7 heteroatoms. The highest BCUT2D eigenvalue weighted by Gasteiger charge is 2.29. The summed E-state index contributed by atoms with van der Waals surface area (Å²) in [5, 5.41) is 2.78. The fraction of sp³-hybridized carbons (Fsp3) is 0.375. The molecule has 0 saturated heterocycles. The van der Waals surface area contributed by atoms with Gasteiger partial charge in [-0.2, -0.15) is 13.2 Å². The van der Waals surface area contributed by atoms with Crippen molar-refractivity contribution >= 4 is 17.3 Å². The molecule has 0 fully saturated rings. The van der Waals surface area contributed by atoms with E-state index in [4.69, 9.17) is 11.6 Å². The average Bonchev–Trinajstić information content (AvgIpc) is 2.14. The zero-order valence-corrected chi connectivity index (χ0v) is 8.49. The van der Waals surface area contributed by atoms with Crippen molar-refractivity contribution in [1.29, 1.82) is 0 Å².